The lowest BCUT2D eigenvalue weighted by Gasteiger charge is -2.19. The molecule has 3 heteroatoms. The van der Waals surface area contributed by atoms with Crippen LogP contribution in [0.4, 0.5) is 0 Å². The van der Waals surface area contributed by atoms with E-state index in [0.717, 1.165) is 26.0 Å². The second kappa shape index (κ2) is 7.30. The minimum Gasteiger partial charge on any atom is -0.379 e. The second-order valence-corrected chi connectivity index (χ2v) is 4.07. The van der Waals surface area contributed by atoms with Crippen LogP contribution < -0.4 is 5.73 Å². The van der Waals surface area contributed by atoms with Gasteiger partial charge in [-0.2, -0.15) is 0 Å². The van der Waals surface area contributed by atoms with E-state index in [4.69, 9.17) is 15.2 Å². The molecule has 0 saturated heterocycles. The molecule has 0 aromatic rings. The van der Waals surface area contributed by atoms with Crippen LogP contribution in [-0.2, 0) is 9.47 Å². The van der Waals surface area contributed by atoms with Gasteiger partial charge >= 0.3 is 0 Å². The molecule has 0 spiro atoms. The van der Waals surface area contributed by atoms with Crippen LogP contribution in [0.5, 0.6) is 0 Å². The van der Waals surface area contributed by atoms with Crippen LogP contribution in [0.3, 0.4) is 0 Å². The highest BCUT2D eigenvalue weighted by Gasteiger charge is 2.08. The zero-order chi connectivity index (χ0) is 10.2. The molecule has 13 heavy (non-hydrogen) atoms. The van der Waals surface area contributed by atoms with Crippen molar-refractivity contribution < 1.29 is 9.47 Å². The standard InChI is InChI=1S/C10H23NO2/c1-10(2,3)13-9-8-12-7-5-4-6-11/h4-9,11H2,1-3H3. The third kappa shape index (κ3) is 11.9. The fourth-order valence-corrected chi connectivity index (χ4v) is 0.857. The van der Waals surface area contributed by atoms with Gasteiger partial charge in [0.25, 0.3) is 0 Å². The van der Waals surface area contributed by atoms with Crippen molar-refractivity contribution in [1.29, 1.82) is 0 Å². The predicted octanol–water partition coefficient (Wildman–Crippen LogP) is 1.56. The topological polar surface area (TPSA) is 44.5 Å². The molecule has 0 radical (unpaired) electrons. The summed E-state index contributed by atoms with van der Waals surface area (Å²) in [6.45, 7) is 9.03. The first-order valence-corrected chi connectivity index (χ1v) is 4.98. The van der Waals surface area contributed by atoms with Gasteiger partial charge < -0.3 is 15.2 Å². The number of rotatable bonds is 7. The van der Waals surface area contributed by atoms with E-state index in [1.165, 1.54) is 0 Å². The first-order valence-electron chi connectivity index (χ1n) is 4.98. The average Bonchev–Trinajstić information content (AvgIpc) is 2.01. The maximum Gasteiger partial charge on any atom is 0.0707 e. The van der Waals surface area contributed by atoms with Gasteiger partial charge in [0.05, 0.1) is 18.8 Å². The molecule has 0 aromatic heterocycles. The van der Waals surface area contributed by atoms with Crippen LogP contribution in [0, 0.1) is 0 Å². The van der Waals surface area contributed by atoms with Crippen molar-refractivity contribution >= 4 is 0 Å². The molecule has 0 unspecified atom stereocenters. The molecule has 0 rings (SSSR count). The quantitative estimate of drug-likeness (QED) is 0.618. The van der Waals surface area contributed by atoms with E-state index in [1.807, 2.05) is 20.8 Å². The van der Waals surface area contributed by atoms with Crippen LogP contribution in [0.15, 0.2) is 0 Å². The Kier molecular flexibility index (Phi) is 7.23. The Balaban J connectivity index is 3.00. The Hall–Kier alpha value is -0.120. The molecule has 0 fully saturated rings. The van der Waals surface area contributed by atoms with Gasteiger partial charge in [0.1, 0.15) is 0 Å². The molecule has 0 aliphatic carbocycles. The van der Waals surface area contributed by atoms with Gasteiger partial charge in [-0.15, -0.1) is 0 Å². The van der Waals surface area contributed by atoms with Gasteiger partial charge in [-0.3, -0.25) is 0 Å². The van der Waals surface area contributed by atoms with E-state index in [2.05, 4.69) is 0 Å². The summed E-state index contributed by atoms with van der Waals surface area (Å²) < 4.78 is 10.8. The van der Waals surface area contributed by atoms with Crippen molar-refractivity contribution in [3.05, 3.63) is 0 Å². The Labute approximate surface area is 81.6 Å². The van der Waals surface area contributed by atoms with Gasteiger partial charge in [0, 0.05) is 6.61 Å². The number of nitrogens with two attached hydrogens (primary N) is 1. The van der Waals surface area contributed by atoms with Gasteiger partial charge in [0.15, 0.2) is 0 Å². The lowest BCUT2D eigenvalue weighted by molar-refractivity contribution is -0.0351. The molecule has 0 atom stereocenters. The predicted molar refractivity (Wildman–Crippen MR) is 54.8 cm³/mol. The Morgan fingerprint density at radius 3 is 2.23 bits per heavy atom. The van der Waals surface area contributed by atoms with Crippen LogP contribution in [0.2, 0.25) is 0 Å². The highest BCUT2D eigenvalue weighted by Crippen LogP contribution is 2.05. The molecule has 3 nitrogen and oxygen atoms in total. The van der Waals surface area contributed by atoms with E-state index in [9.17, 15) is 0 Å². The fraction of sp³-hybridized carbons (Fsp3) is 1.00. The lowest BCUT2D eigenvalue weighted by atomic mass is 10.2. The van der Waals surface area contributed by atoms with Crippen molar-refractivity contribution in [2.75, 3.05) is 26.4 Å². The van der Waals surface area contributed by atoms with E-state index in [0.29, 0.717) is 13.2 Å². The molecular weight excluding hydrogens is 166 g/mol. The van der Waals surface area contributed by atoms with Crippen molar-refractivity contribution in [3.8, 4) is 0 Å². The Morgan fingerprint density at radius 2 is 1.69 bits per heavy atom. The van der Waals surface area contributed by atoms with Crippen LogP contribution in [-0.4, -0.2) is 32.0 Å². The molecule has 0 amide bonds. The first kappa shape index (κ1) is 12.9. The maximum atomic E-state index is 5.49. The number of ether oxygens (including phenoxy) is 2. The summed E-state index contributed by atoms with van der Waals surface area (Å²) in [7, 11) is 0. The number of unbranched alkanes of at least 4 members (excludes halogenated alkanes) is 1. The zero-order valence-corrected chi connectivity index (χ0v) is 9.14. The molecule has 0 aliphatic rings. The highest BCUT2D eigenvalue weighted by atomic mass is 16.5. The lowest BCUT2D eigenvalue weighted by Crippen LogP contribution is -2.21. The van der Waals surface area contributed by atoms with E-state index < -0.39 is 0 Å². The van der Waals surface area contributed by atoms with E-state index >= 15 is 0 Å². The monoisotopic (exact) mass is 189 g/mol. The molecule has 0 heterocycles. The summed E-state index contributed by atoms with van der Waals surface area (Å²) in [5, 5.41) is 0. The normalized spacial score (nSPS) is 12.0. The minimum atomic E-state index is -0.0549. The van der Waals surface area contributed by atoms with Gasteiger partial charge in [-0.05, 0) is 40.2 Å². The Morgan fingerprint density at radius 1 is 1.00 bits per heavy atom. The van der Waals surface area contributed by atoms with E-state index in [-0.39, 0.29) is 5.60 Å². The fourth-order valence-electron chi connectivity index (χ4n) is 0.857. The largest absolute Gasteiger partial charge is 0.379 e. The second-order valence-electron chi connectivity index (χ2n) is 4.07. The summed E-state index contributed by atoms with van der Waals surface area (Å²) in [5.74, 6) is 0. The van der Waals surface area contributed by atoms with E-state index in [1.54, 1.807) is 0 Å². The van der Waals surface area contributed by atoms with Crippen molar-refractivity contribution in [3.63, 3.8) is 0 Å². The summed E-state index contributed by atoms with van der Waals surface area (Å²) in [6, 6.07) is 0. The SMILES string of the molecule is CC(C)(C)OCCOCCCCN. The summed E-state index contributed by atoms with van der Waals surface area (Å²) in [5.41, 5.74) is 5.29. The maximum absolute atomic E-state index is 5.49. The molecule has 0 saturated carbocycles. The van der Waals surface area contributed by atoms with Crippen molar-refractivity contribution in [2.45, 2.75) is 39.2 Å². The van der Waals surface area contributed by atoms with Crippen molar-refractivity contribution in [2.24, 2.45) is 5.73 Å². The smallest absolute Gasteiger partial charge is 0.0707 e. The summed E-state index contributed by atoms with van der Waals surface area (Å²) >= 11 is 0. The molecule has 0 aromatic carbocycles. The highest BCUT2D eigenvalue weighted by molar-refractivity contribution is 4.57. The van der Waals surface area contributed by atoms with Gasteiger partial charge in [-0.1, -0.05) is 0 Å². The zero-order valence-electron chi connectivity index (χ0n) is 9.14. The molecule has 2 N–H and O–H groups in total. The molecular formula is C10H23NO2. The molecule has 0 aliphatic heterocycles. The third-order valence-electron chi connectivity index (χ3n) is 1.51. The Bertz CT molecular complexity index is 110. The van der Waals surface area contributed by atoms with Crippen LogP contribution in [0.25, 0.3) is 0 Å². The van der Waals surface area contributed by atoms with Gasteiger partial charge in [-0.25, -0.2) is 0 Å². The van der Waals surface area contributed by atoms with Gasteiger partial charge in [0.2, 0.25) is 0 Å². The number of hydrogen-bond donors (Lipinski definition) is 1. The van der Waals surface area contributed by atoms with Crippen LogP contribution in [0.1, 0.15) is 33.6 Å². The average molecular weight is 189 g/mol. The molecule has 80 valence electrons. The summed E-state index contributed by atoms with van der Waals surface area (Å²) in [4.78, 5) is 0. The van der Waals surface area contributed by atoms with Crippen molar-refractivity contribution in [1.82, 2.24) is 0 Å². The first-order chi connectivity index (χ1) is 6.06. The van der Waals surface area contributed by atoms with Crippen LogP contribution >= 0.6 is 0 Å². The number of hydrogen-bond acceptors (Lipinski definition) is 3. The third-order valence-corrected chi connectivity index (χ3v) is 1.51. The molecule has 0 bridgehead atoms. The summed E-state index contributed by atoms with van der Waals surface area (Å²) in [6.07, 6.45) is 2.09. The minimum absolute atomic E-state index is 0.0549.